The number of nitrogens with zero attached hydrogens (tertiary/aromatic N) is 2. The van der Waals surface area contributed by atoms with Gasteiger partial charge in [0.05, 0.1) is 11.4 Å². The Morgan fingerprint density at radius 2 is 0.554 bits per heavy atom. The van der Waals surface area contributed by atoms with Gasteiger partial charge in [0, 0.05) is 44.7 Å². The molecule has 0 aliphatic heterocycles. The summed E-state index contributed by atoms with van der Waals surface area (Å²) in [4.78, 5) is 5.03. The maximum atomic E-state index is 2.52. The third kappa shape index (κ3) is 9.22. The fraction of sp³-hybridized carbons (Fsp3) is 0.111. The first-order valence-corrected chi connectivity index (χ1v) is 32.5. The summed E-state index contributed by atoms with van der Waals surface area (Å²) in [7, 11) is 0. The van der Waals surface area contributed by atoms with Crippen LogP contribution in [0.2, 0.25) is 0 Å². The second kappa shape index (κ2) is 22.0. The van der Waals surface area contributed by atoms with Crippen molar-refractivity contribution < 1.29 is 0 Å². The van der Waals surface area contributed by atoms with Crippen LogP contribution in [-0.2, 0) is 10.8 Å². The fourth-order valence-electron chi connectivity index (χ4n) is 15.6. The van der Waals surface area contributed by atoms with Crippen molar-refractivity contribution in [1.29, 1.82) is 0 Å². The molecule has 92 heavy (non-hydrogen) atoms. The van der Waals surface area contributed by atoms with Crippen molar-refractivity contribution in [2.24, 2.45) is 0 Å². The van der Waals surface area contributed by atoms with Crippen molar-refractivity contribution in [3.63, 3.8) is 0 Å². The molecule has 0 N–H and O–H groups in total. The van der Waals surface area contributed by atoms with Gasteiger partial charge in [-0.1, -0.05) is 258 Å². The third-order valence-electron chi connectivity index (χ3n) is 20.4. The van der Waals surface area contributed by atoms with Crippen molar-refractivity contribution in [3.8, 4) is 77.9 Å². The summed E-state index contributed by atoms with van der Waals surface area (Å²) in [6, 6.07) is 109. The van der Waals surface area contributed by atoms with Gasteiger partial charge in [0.2, 0.25) is 0 Å². The van der Waals surface area contributed by atoms with Gasteiger partial charge in [-0.3, -0.25) is 0 Å². The molecule has 2 aliphatic rings. The van der Waals surface area contributed by atoms with E-state index in [9.17, 15) is 0 Å². The Hall–Kier alpha value is -10.8. The second-order valence-corrected chi connectivity index (χ2v) is 26.6. The molecule has 0 unspecified atom stereocenters. The minimum Gasteiger partial charge on any atom is -0.309 e. The molecule has 0 aromatic heterocycles. The molecule has 0 heterocycles. The number of rotatable bonds is 11. The maximum Gasteiger partial charge on any atom is 0.0569 e. The summed E-state index contributed by atoms with van der Waals surface area (Å²) < 4.78 is 0. The van der Waals surface area contributed by atoms with Crippen LogP contribution in [0.5, 0.6) is 0 Å². The number of fused-ring (bicyclic) bond motifs is 8. The zero-order valence-electron chi connectivity index (χ0n) is 53.6. The van der Waals surface area contributed by atoms with Crippen molar-refractivity contribution in [3.05, 3.63) is 336 Å². The first-order chi connectivity index (χ1) is 44.8. The fourth-order valence-corrected chi connectivity index (χ4v) is 15.6. The van der Waals surface area contributed by atoms with E-state index in [4.69, 9.17) is 0 Å². The molecule has 0 radical (unpaired) electrons. The lowest BCUT2D eigenvalue weighted by Gasteiger charge is -2.32. The molecule has 2 nitrogen and oxygen atoms in total. The van der Waals surface area contributed by atoms with Gasteiger partial charge in [0.1, 0.15) is 0 Å². The number of para-hydroxylation sites is 2. The van der Waals surface area contributed by atoms with Gasteiger partial charge in [0.15, 0.2) is 0 Å². The van der Waals surface area contributed by atoms with Crippen molar-refractivity contribution in [1.82, 2.24) is 0 Å². The zero-order chi connectivity index (χ0) is 62.6. The van der Waals surface area contributed by atoms with E-state index in [1.165, 1.54) is 155 Å². The molecule has 16 rings (SSSR count). The van der Waals surface area contributed by atoms with Crippen LogP contribution < -0.4 is 9.80 Å². The quantitative estimate of drug-likeness (QED) is 0.127. The third-order valence-corrected chi connectivity index (χ3v) is 20.4. The minimum atomic E-state index is -0.133. The van der Waals surface area contributed by atoms with Gasteiger partial charge < -0.3 is 9.80 Å². The van der Waals surface area contributed by atoms with Gasteiger partial charge >= 0.3 is 0 Å². The maximum absolute atomic E-state index is 2.52. The molecular weight excluding hydrogens is 1110 g/mol. The van der Waals surface area contributed by atoms with E-state index in [0.29, 0.717) is 0 Å². The molecule has 0 amide bonds. The second-order valence-electron chi connectivity index (χ2n) is 26.6. The monoisotopic (exact) mass is 1180 g/mol. The molecule has 0 fully saturated rings. The number of anilines is 6. The average Bonchev–Trinajstić information content (AvgIpc) is 1.52. The topological polar surface area (TPSA) is 6.48 Å². The average molecular weight is 1180 g/mol. The number of hydrogen-bond donors (Lipinski definition) is 0. The lowest BCUT2D eigenvalue weighted by molar-refractivity contribution is 0.660. The predicted molar refractivity (Wildman–Crippen MR) is 392 cm³/mol. The van der Waals surface area contributed by atoms with E-state index in [-0.39, 0.29) is 10.8 Å². The largest absolute Gasteiger partial charge is 0.309 e. The summed E-state index contributed by atoms with van der Waals surface area (Å²) >= 11 is 0. The van der Waals surface area contributed by atoms with E-state index in [1.54, 1.807) is 0 Å². The summed E-state index contributed by atoms with van der Waals surface area (Å²) in [6.45, 7) is 18.6. The van der Waals surface area contributed by atoms with E-state index < -0.39 is 0 Å². The highest BCUT2D eigenvalue weighted by Crippen LogP contribution is 2.54. The van der Waals surface area contributed by atoms with Gasteiger partial charge in [-0.15, -0.1) is 0 Å². The standard InChI is InChI=1S/C90H72N2/c1-57-21-17-33-75(67-41-49-79-77-29-13-15-35-81(77)89(5,6)83(79)55-67)87(57)91(69-45-37-63(38-46-69)73-31-19-25-61-23-9-11-27-71(61)73)85-51-43-65(53-59(85)3)66-44-52-86(60(4)54-66)92(70-47-39-64(40-48-70)74-32-20-26-62-24-10-12-28-72(62)74)88-58(2)22-18-34-76(88)68-42-50-80-78-30-14-16-36-82(78)90(7,8)84(80)56-68/h9-56H,1-8H3. The summed E-state index contributed by atoms with van der Waals surface area (Å²) in [6.07, 6.45) is 0. The predicted octanol–water partition coefficient (Wildman–Crippen LogP) is 25.1. The Bertz CT molecular complexity index is 4930. The Morgan fingerprint density at radius 3 is 0.978 bits per heavy atom. The Kier molecular flexibility index (Phi) is 13.5. The molecule has 14 aromatic carbocycles. The highest BCUT2D eigenvalue weighted by molar-refractivity contribution is 6.00. The molecule has 14 aromatic rings. The van der Waals surface area contributed by atoms with Gasteiger partial charge in [-0.2, -0.15) is 0 Å². The molecule has 0 bridgehead atoms. The molecule has 0 atom stereocenters. The SMILES string of the molecule is Cc1cc(-c2ccc(N(c3ccc(-c4cccc5ccccc45)cc3)c3c(C)cccc3-c3ccc4c(c3)C(C)(C)c3ccccc3-4)c(C)c2)ccc1N(c1ccc(-c2cccc3ccccc23)cc1)c1c(C)cccc1-c1ccc2c(c1)C(C)(C)c1ccccc1-2. The smallest absolute Gasteiger partial charge is 0.0569 e. The highest BCUT2D eigenvalue weighted by Gasteiger charge is 2.37. The summed E-state index contributed by atoms with van der Waals surface area (Å²) in [5.41, 5.74) is 34.1. The van der Waals surface area contributed by atoms with Crippen molar-refractivity contribution in [2.45, 2.75) is 66.2 Å². The lowest BCUT2D eigenvalue weighted by Crippen LogP contribution is -2.16. The molecular formula is C90H72N2. The van der Waals surface area contributed by atoms with Crippen LogP contribution in [0.25, 0.3) is 99.4 Å². The molecule has 0 saturated heterocycles. The number of aryl methyl sites for hydroxylation is 4. The van der Waals surface area contributed by atoms with Crippen LogP contribution in [0.4, 0.5) is 34.1 Å². The molecule has 2 aliphatic carbocycles. The Morgan fingerprint density at radius 1 is 0.228 bits per heavy atom. The first kappa shape index (κ1) is 56.4. The summed E-state index contributed by atoms with van der Waals surface area (Å²) in [5, 5.41) is 4.98. The molecule has 442 valence electrons. The number of benzene rings is 14. The molecule has 0 spiro atoms. The van der Waals surface area contributed by atoms with Gasteiger partial charge in [0.25, 0.3) is 0 Å². The van der Waals surface area contributed by atoms with Crippen LogP contribution in [-0.4, -0.2) is 0 Å². The van der Waals surface area contributed by atoms with E-state index >= 15 is 0 Å². The Labute approximate surface area is 542 Å². The van der Waals surface area contributed by atoms with Crippen molar-refractivity contribution in [2.75, 3.05) is 9.80 Å². The van der Waals surface area contributed by atoms with Gasteiger partial charge in [-0.25, -0.2) is 0 Å². The van der Waals surface area contributed by atoms with E-state index in [1.807, 2.05) is 0 Å². The molecule has 2 heteroatoms. The summed E-state index contributed by atoms with van der Waals surface area (Å²) in [5.74, 6) is 0. The van der Waals surface area contributed by atoms with Crippen LogP contribution in [0.3, 0.4) is 0 Å². The highest BCUT2D eigenvalue weighted by atomic mass is 15.2. The van der Waals surface area contributed by atoms with Crippen LogP contribution in [0.1, 0.15) is 72.2 Å². The van der Waals surface area contributed by atoms with Gasteiger partial charge in [-0.05, 0) is 221 Å². The normalized spacial score (nSPS) is 13.2. The zero-order valence-corrected chi connectivity index (χ0v) is 53.6. The van der Waals surface area contributed by atoms with E-state index in [2.05, 4.69) is 356 Å². The lowest BCUT2D eigenvalue weighted by atomic mass is 9.81. The van der Waals surface area contributed by atoms with E-state index in [0.717, 1.165) is 22.7 Å². The minimum absolute atomic E-state index is 0.133. The first-order valence-electron chi connectivity index (χ1n) is 32.5. The van der Waals surface area contributed by atoms with Crippen LogP contribution >= 0.6 is 0 Å². The van der Waals surface area contributed by atoms with Crippen LogP contribution in [0, 0.1) is 27.7 Å². The molecule has 0 saturated carbocycles. The number of hydrogen-bond acceptors (Lipinski definition) is 2. The van der Waals surface area contributed by atoms with Crippen molar-refractivity contribution >= 4 is 55.7 Å². The van der Waals surface area contributed by atoms with Crippen LogP contribution in [0.15, 0.2) is 291 Å². The Balaban J connectivity index is 0.813.